The predicted molar refractivity (Wildman–Crippen MR) is 107 cm³/mol. The van der Waals surface area contributed by atoms with E-state index in [-0.39, 0.29) is 10.9 Å². The molecule has 1 aliphatic rings. The summed E-state index contributed by atoms with van der Waals surface area (Å²) in [5, 5.41) is 0. The largest absolute Gasteiger partial charge is 0.166 e. The van der Waals surface area contributed by atoms with Crippen LogP contribution in [0.5, 0.6) is 0 Å². The molecule has 0 nitrogen and oxygen atoms in total. The van der Waals surface area contributed by atoms with Gasteiger partial charge in [0.15, 0.2) is 14.7 Å². The third-order valence-electron chi connectivity index (χ3n) is 5.15. The fraction of sp³-hybridized carbons (Fsp3) is 0.250. The number of hydrogen-bond donors (Lipinski definition) is 0. The standard InChI is InChI=1S/C24H25S/c1-4-10-20(11-5-1)21-16-18-24(19-17-21)25(22-12-6-2-7-13-22)23-14-8-3-9-15-23/h2-3,6-9,12-20H,1,4-5,10-11H2/q+1. The van der Waals surface area contributed by atoms with Gasteiger partial charge in [0.05, 0.1) is 10.9 Å². The third kappa shape index (κ3) is 3.82. The molecule has 0 spiro atoms. The van der Waals surface area contributed by atoms with Crippen LogP contribution in [0.1, 0.15) is 43.6 Å². The number of hydrogen-bond acceptors (Lipinski definition) is 0. The van der Waals surface area contributed by atoms with Crippen molar-refractivity contribution < 1.29 is 0 Å². The smallest absolute Gasteiger partial charge is 0.0619 e. The lowest BCUT2D eigenvalue weighted by Gasteiger charge is -2.22. The molecule has 25 heavy (non-hydrogen) atoms. The van der Waals surface area contributed by atoms with E-state index < -0.39 is 0 Å². The third-order valence-corrected chi connectivity index (χ3v) is 7.38. The fourth-order valence-electron chi connectivity index (χ4n) is 3.83. The van der Waals surface area contributed by atoms with Crippen molar-refractivity contribution in [1.29, 1.82) is 0 Å². The Morgan fingerprint density at radius 1 is 0.520 bits per heavy atom. The molecule has 0 N–H and O–H groups in total. The first-order chi connectivity index (χ1) is 12.4. The number of benzene rings is 3. The van der Waals surface area contributed by atoms with E-state index in [0.29, 0.717) is 0 Å². The highest BCUT2D eigenvalue weighted by Crippen LogP contribution is 2.35. The van der Waals surface area contributed by atoms with Gasteiger partial charge in [-0.25, -0.2) is 0 Å². The normalized spacial score (nSPS) is 15.4. The van der Waals surface area contributed by atoms with Crippen LogP contribution in [0.2, 0.25) is 0 Å². The van der Waals surface area contributed by atoms with Gasteiger partial charge in [0.25, 0.3) is 0 Å². The average Bonchev–Trinajstić information content (AvgIpc) is 2.71. The Kier molecular flexibility index (Phi) is 5.22. The van der Waals surface area contributed by atoms with Gasteiger partial charge < -0.3 is 0 Å². The van der Waals surface area contributed by atoms with E-state index in [1.807, 2.05) is 0 Å². The lowest BCUT2D eigenvalue weighted by atomic mass is 9.84. The molecule has 1 heteroatoms. The van der Waals surface area contributed by atoms with E-state index in [4.69, 9.17) is 0 Å². The summed E-state index contributed by atoms with van der Waals surface area (Å²) in [7, 11) is -0.0278. The lowest BCUT2D eigenvalue weighted by Crippen LogP contribution is -2.07. The quantitative estimate of drug-likeness (QED) is 0.455. The summed E-state index contributed by atoms with van der Waals surface area (Å²) >= 11 is 0. The van der Waals surface area contributed by atoms with Gasteiger partial charge in [-0.05, 0) is 60.7 Å². The molecule has 0 unspecified atom stereocenters. The van der Waals surface area contributed by atoms with Gasteiger partial charge in [0.1, 0.15) is 0 Å². The van der Waals surface area contributed by atoms with Crippen molar-refractivity contribution >= 4 is 10.9 Å². The molecule has 3 aromatic rings. The molecule has 0 aliphatic heterocycles. The van der Waals surface area contributed by atoms with Crippen LogP contribution in [0.3, 0.4) is 0 Å². The minimum Gasteiger partial charge on any atom is -0.0619 e. The molecule has 1 aliphatic carbocycles. The average molecular weight is 346 g/mol. The van der Waals surface area contributed by atoms with Crippen LogP contribution >= 0.6 is 0 Å². The maximum absolute atomic E-state index is 2.39. The lowest BCUT2D eigenvalue weighted by molar-refractivity contribution is 0.443. The first kappa shape index (κ1) is 16.5. The summed E-state index contributed by atoms with van der Waals surface area (Å²) in [6.07, 6.45) is 6.93. The minimum absolute atomic E-state index is 0.0278. The first-order valence-corrected chi connectivity index (χ1v) is 10.6. The van der Waals surface area contributed by atoms with Gasteiger partial charge in [-0.3, -0.25) is 0 Å². The van der Waals surface area contributed by atoms with Crippen molar-refractivity contribution in [1.82, 2.24) is 0 Å². The molecule has 0 heterocycles. The molecule has 4 rings (SSSR count). The topological polar surface area (TPSA) is 0 Å². The molecular weight excluding hydrogens is 320 g/mol. The van der Waals surface area contributed by atoms with Crippen molar-refractivity contribution in [3.05, 3.63) is 90.5 Å². The summed E-state index contributed by atoms with van der Waals surface area (Å²) in [6.45, 7) is 0. The predicted octanol–water partition coefficient (Wildman–Crippen LogP) is 6.83. The second kappa shape index (κ2) is 7.93. The summed E-state index contributed by atoms with van der Waals surface area (Å²) in [6, 6.07) is 31.3. The van der Waals surface area contributed by atoms with E-state index in [9.17, 15) is 0 Å². The zero-order valence-corrected chi connectivity index (χ0v) is 15.4. The fourth-order valence-corrected chi connectivity index (χ4v) is 5.92. The molecule has 0 bridgehead atoms. The Morgan fingerprint density at radius 3 is 1.52 bits per heavy atom. The van der Waals surface area contributed by atoms with E-state index in [1.165, 1.54) is 52.4 Å². The maximum atomic E-state index is 2.39. The second-order valence-electron chi connectivity index (χ2n) is 6.84. The molecular formula is C24H25S+. The highest BCUT2D eigenvalue weighted by atomic mass is 32.2. The zero-order valence-electron chi connectivity index (χ0n) is 14.6. The van der Waals surface area contributed by atoms with Gasteiger partial charge in [-0.15, -0.1) is 0 Å². The van der Waals surface area contributed by atoms with Crippen LogP contribution in [0.4, 0.5) is 0 Å². The van der Waals surface area contributed by atoms with Crippen LogP contribution in [-0.2, 0) is 10.9 Å². The Morgan fingerprint density at radius 2 is 1.00 bits per heavy atom. The minimum atomic E-state index is -0.0278. The van der Waals surface area contributed by atoms with Crippen LogP contribution in [0.15, 0.2) is 99.6 Å². The van der Waals surface area contributed by atoms with Crippen molar-refractivity contribution in [2.24, 2.45) is 0 Å². The zero-order chi connectivity index (χ0) is 16.9. The molecule has 3 aromatic carbocycles. The Hall–Kier alpha value is -1.99. The monoisotopic (exact) mass is 345 g/mol. The van der Waals surface area contributed by atoms with E-state index in [0.717, 1.165) is 5.92 Å². The summed E-state index contributed by atoms with van der Waals surface area (Å²) in [5.41, 5.74) is 1.54. The molecule has 0 aromatic heterocycles. The van der Waals surface area contributed by atoms with Gasteiger partial charge in [-0.2, -0.15) is 0 Å². The van der Waals surface area contributed by atoms with Crippen LogP contribution in [0.25, 0.3) is 0 Å². The van der Waals surface area contributed by atoms with E-state index in [2.05, 4.69) is 84.9 Å². The first-order valence-electron chi connectivity index (χ1n) is 9.36. The summed E-state index contributed by atoms with van der Waals surface area (Å²) in [4.78, 5) is 4.19. The maximum Gasteiger partial charge on any atom is 0.166 e. The molecule has 0 amide bonds. The van der Waals surface area contributed by atoms with Gasteiger partial charge in [-0.1, -0.05) is 67.8 Å². The van der Waals surface area contributed by atoms with Crippen LogP contribution in [0, 0.1) is 0 Å². The SMILES string of the molecule is c1ccc([S+](c2ccccc2)c2ccc(C3CCCCC3)cc2)cc1. The molecule has 1 fully saturated rings. The highest BCUT2D eigenvalue weighted by Gasteiger charge is 2.28. The molecule has 0 saturated heterocycles. The summed E-state index contributed by atoms with van der Waals surface area (Å²) in [5.74, 6) is 0.776. The van der Waals surface area contributed by atoms with Crippen molar-refractivity contribution in [3.8, 4) is 0 Å². The summed E-state index contributed by atoms with van der Waals surface area (Å²) < 4.78 is 0. The van der Waals surface area contributed by atoms with E-state index in [1.54, 1.807) is 0 Å². The number of rotatable bonds is 4. The molecule has 0 atom stereocenters. The second-order valence-corrected chi connectivity index (χ2v) is 8.86. The van der Waals surface area contributed by atoms with Crippen molar-refractivity contribution in [2.45, 2.75) is 52.7 Å². The van der Waals surface area contributed by atoms with Crippen LogP contribution < -0.4 is 0 Å². The van der Waals surface area contributed by atoms with E-state index >= 15 is 0 Å². The van der Waals surface area contributed by atoms with Crippen molar-refractivity contribution in [2.75, 3.05) is 0 Å². The highest BCUT2D eigenvalue weighted by molar-refractivity contribution is 7.97. The molecule has 0 radical (unpaired) electrons. The Balaban J connectivity index is 1.68. The van der Waals surface area contributed by atoms with Gasteiger partial charge in [0, 0.05) is 0 Å². The van der Waals surface area contributed by atoms with Crippen LogP contribution in [-0.4, -0.2) is 0 Å². The van der Waals surface area contributed by atoms with Gasteiger partial charge in [0.2, 0.25) is 0 Å². The molecule has 1 saturated carbocycles. The van der Waals surface area contributed by atoms with Gasteiger partial charge >= 0.3 is 0 Å². The Labute approximate surface area is 154 Å². The van der Waals surface area contributed by atoms with Crippen molar-refractivity contribution in [3.63, 3.8) is 0 Å². The Bertz CT molecular complexity index is 732. The molecule has 126 valence electrons.